The van der Waals surface area contributed by atoms with E-state index in [-0.39, 0.29) is 17.9 Å². The number of nitrogens with zero attached hydrogens (tertiary/aromatic N) is 3. The first-order valence-corrected chi connectivity index (χ1v) is 8.79. The van der Waals surface area contributed by atoms with Crippen molar-refractivity contribution in [3.8, 4) is 6.07 Å². The Labute approximate surface area is 160 Å². The molecular formula is C19H18ClN5O2. The number of nitrogens with one attached hydrogen (secondary N) is 2. The van der Waals surface area contributed by atoms with Crippen molar-refractivity contribution in [1.29, 1.82) is 5.26 Å². The largest absolute Gasteiger partial charge is 0.350 e. The fourth-order valence-corrected chi connectivity index (χ4v) is 3.21. The molecule has 0 radical (unpaired) electrons. The van der Waals surface area contributed by atoms with Gasteiger partial charge in [-0.2, -0.15) is 5.26 Å². The summed E-state index contributed by atoms with van der Waals surface area (Å²) in [6.45, 7) is 3.81. The Morgan fingerprint density at radius 1 is 1.37 bits per heavy atom. The van der Waals surface area contributed by atoms with E-state index < -0.39 is 5.56 Å². The summed E-state index contributed by atoms with van der Waals surface area (Å²) in [7, 11) is 0. The van der Waals surface area contributed by atoms with Crippen molar-refractivity contribution in [2.75, 3.05) is 0 Å². The highest BCUT2D eigenvalue weighted by molar-refractivity contribution is 6.30. The molecule has 1 amide bonds. The summed E-state index contributed by atoms with van der Waals surface area (Å²) in [4.78, 5) is 31.0. The van der Waals surface area contributed by atoms with Gasteiger partial charge < -0.3 is 14.7 Å². The zero-order valence-corrected chi connectivity index (χ0v) is 15.7. The number of nitriles is 1. The Hall–Kier alpha value is -3.11. The standard InChI is InChI=1S/C19H18ClN5O2/c1-11-15(12(2)23-19(27)16(11)7-21)4-6-18(26)22-8-14-10-25-9-13(20)3-5-17(25)24-14/h3,5,9-10H,4,6,8H2,1-2H3,(H,22,26)(H,23,27). The van der Waals surface area contributed by atoms with E-state index in [0.717, 1.165) is 16.9 Å². The summed E-state index contributed by atoms with van der Waals surface area (Å²) in [6, 6.07) is 5.49. The van der Waals surface area contributed by atoms with Gasteiger partial charge in [0.05, 0.1) is 17.3 Å². The second-order valence-corrected chi connectivity index (χ2v) is 6.73. The zero-order chi connectivity index (χ0) is 19.6. The number of halogens is 1. The van der Waals surface area contributed by atoms with Crippen LogP contribution in [0.4, 0.5) is 0 Å². The molecule has 3 aromatic rings. The van der Waals surface area contributed by atoms with Crippen molar-refractivity contribution in [2.45, 2.75) is 33.2 Å². The van der Waals surface area contributed by atoms with Crippen LogP contribution in [0.25, 0.3) is 5.65 Å². The van der Waals surface area contributed by atoms with Gasteiger partial charge in [0, 0.05) is 24.5 Å². The number of carbonyl (C=O) groups is 1. The van der Waals surface area contributed by atoms with Crippen molar-refractivity contribution in [1.82, 2.24) is 19.7 Å². The first-order chi connectivity index (χ1) is 12.9. The summed E-state index contributed by atoms with van der Waals surface area (Å²) in [5, 5.41) is 12.6. The van der Waals surface area contributed by atoms with Crippen LogP contribution in [0.5, 0.6) is 0 Å². The van der Waals surface area contributed by atoms with Crippen molar-refractivity contribution in [3.63, 3.8) is 0 Å². The smallest absolute Gasteiger partial charge is 0.266 e. The quantitative estimate of drug-likeness (QED) is 0.706. The summed E-state index contributed by atoms with van der Waals surface area (Å²) in [6.07, 6.45) is 4.26. The Bertz CT molecular complexity index is 1120. The molecule has 0 aliphatic heterocycles. The summed E-state index contributed by atoms with van der Waals surface area (Å²) in [5.74, 6) is -0.131. The van der Waals surface area contributed by atoms with Crippen molar-refractivity contribution >= 4 is 23.2 Å². The van der Waals surface area contributed by atoms with Gasteiger partial charge >= 0.3 is 0 Å². The van der Waals surface area contributed by atoms with Gasteiger partial charge in [-0.25, -0.2) is 4.98 Å². The number of hydrogen-bond donors (Lipinski definition) is 2. The number of imidazole rings is 1. The van der Waals surface area contributed by atoms with Crippen LogP contribution in [0, 0.1) is 25.2 Å². The monoisotopic (exact) mass is 383 g/mol. The van der Waals surface area contributed by atoms with Crippen LogP contribution in [0.1, 0.15) is 34.5 Å². The molecule has 0 unspecified atom stereocenters. The summed E-state index contributed by atoms with van der Waals surface area (Å²) < 4.78 is 1.81. The fraction of sp³-hybridized carbons (Fsp3) is 0.263. The molecule has 0 bridgehead atoms. The van der Waals surface area contributed by atoms with Gasteiger partial charge in [0.1, 0.15) is 17.3 Å². The average Bonchev–Trinajstić information content (AvgIpc) is 3.01. The molecule has 0 spiro atoms. The third-order valence-corrected chi connectivity index (χ3v) is 4.68. The van der Waals surface area contributed by atoms with Crippen LogP contribution >= 0.6 is 11.6 Å². The zero-order valence-electron chi connectivity index (χ0n) is 15.0. The van der Waals surface area contributed by atoms with Crippen LogP contribution in [0.2, 0.25) is 5.02 Å². The van der Waals surface area contributed by atoms with E-state index in [4.69, 9.17) is 16.9 Å². The first kappa shape index (κ1) is 18.7. The number of fused-ring (bicyclic) bond motifs is 1. The number of aryl methyl sites for hydroxylation is 1. The maximum absolute atomic E-state index is 12.2. The molecule has 0 fully saturated rings. The number of aromatic nitrogens is 3. The lowest BCUT2D eigenvalue weighted by molar-refractivity contribution is -0.121. The lowest BCUT2D eigenvalue weighted by Crippen LogP contribution is -2.24. The van der Waals surface area contributed by atoms with E-state index in [0.29, 0.717) is 29.2 Å². The Morgan fingerprint density at radius 3 is 2.89 bits per heavy atom. The number of hydrogen-bond acceptors (Lipinski definition) is 4. The summed E-state index contributed by atoms with van der Waals surface area (Å²) in [5.41, 5.74) is 3.32. The number of amides is 1. The molecule has 3 rings (SSSR count). The Kier molecular flexibility index (Phi) is 5.28. The second kappa shape index (κ2) is 7.64. The van der Waals surface area contributed by atoms with Crippen LogP contribution in [-0.2, 0) is 17.8 Å². The molecule has 0 atom stereocenters. The molecule has 7 nitrogen and oxygen atoms in total. The highest BCUT2D eigenvalue weighted by Gasteiger charge is 2.13. The lowest BCUT2D eigenvalue weighted by Gasteiger charge is -2.10. The van der Waals surface area contributed by atoms with Crippen molar-refractivity contribution in [2.24, 2.45) is 0 Å². The van der Waals surface area contributed by atoms with Gasteiger partial charge in [-0.15, -0.1) is 0 Å². The molecule has 3 heterocycles. The lowest BCUT2D eigenvalue weighted by atomic mass is 9.99. The van der Waals surface area contributed by atoms with Gasteiger partial charge in [-0.05, 0) is 43.5 Å². The molecule has 138 valence electrons. The maximum Gasteiger partial charge on any atom is 0.266 e. The Balaban J connectivity index is 1.63. The number of carbonyl (C=O) groups excluding carboxylic acids is 1. The SMILES string of the molecule is Cc1[nH]c(=O)c(C#N)c(C)c1CCC(=O)NCc1cn2cc(Cl)ccc2n1. The number of aromatic amines is 1. The van der Waals surface area contributed by atoms with Gasteiger partial charge in [-0.1, -0.05) is 11.6 Å². The molecule has 3 aromatic heterocycles. The minimum atomic E-state index is -0.396. The van der Waals surface area contributed by atoms with E-state index in [2.05, 4.69) is 15.3 Å². The highest BCUT2D eigenvalue weighted by atomic mass is 35.5. The van der Waals surface area contributed by atoms with Crippen LogP contribution in [0.3, 0.4) is 0 Å². The average molecular weight is 384 g/mol. The van der Waals surface area contributed by atoms with Gasteiger partial charge in [0.25, 0.3) is 5.56 Å². The summed E-state index contributed by atoms with van der Waals surface area (Å²) >= 11 is 5.95. The minimum absolute atomic E-state index is 0.0966. The first-order valence-electron chi connectivity index (χ1n) is 8.41. The third kappa shape index (κ3) is 4.01. The molecular weight excluding hydrogens is 366 g/mol. The van der Waals surface area contributed by atoms with Crippen LogP contribution < -0.4 is 10.9 Å². The molecule has 2 N–H and O–H groups in total. The van der Waals surface area contributed by atoms with E-state index in [1.165, 1.54) is 0 Å². The van der Waals surface area contributed by atoms with E-state index in [1.807, 2.05) is 18.3 Å². The topological polar surface area (TPSA) is 103 Å². The molecule has 8 heteroatoms. The highest BCUT2D eigenvalue weighted by Crippen LogP contribution is 2.15. The Morgan fingerprint density at radius 2 is 2.15 bits per heavy atom. The second-order valence-electron chi connectivity index (χ2n) is 6.29. The van der Waals surface area contributed by atoms with Gasteiger partial charge in [-0.3, -0.25) is 9.59 Å². The molecule has 0 aromatic carbocycles. The molecule has 27 heavy (non-hydrogen) atoms. The third-order valence-electron chi connectivity index (χ3n) is 4.45. The van der Waals surface area contributed by atoms with Crippen LogP contribution in [0.15, 0.2) is 29.3 Å². The van der Waals surface area contributed by atoms with E-state index >= 15 is 0 Å². The number of pyridine rings is 2. The van der Waals surface area contributed by atoms with E-state index in [9.17, 15) is 9.59 Å². The molecule has 0 saturated carbocycles. The molecule has 0 aliphatic carbocycles. The van der Waals surface area contributed by atoms with Gasteiger partial charge in [0.15, 0.2) is 0 Å². The minimum Gasteiger partial charge on any atom is -0.350 e. The van der Waals surface area contributed by atoms with E-state index in [1.54, 1.807) is 30.5 Å². The molecule has 0 saturated heterocycles. The molecule has 0 aliphatic rings. The number of H-pyrrole nitrogens is 1. The van der Waals surface area contributed by atoms with Gasteiger partial charge in [0.2, 0.25) is 5.91 Å². The predicted molar refractivity (Wildman–Crippen MR) is 102 cm³/mol. The van der Waals surface area contributed by atoms with Crippen molar-refractivity contribution in [3.05, 3.63) is 68.0 Å². The van der Waals surface area contributed by atoms with Crippen LogP contribution in [-0.4, -0.2) is 20.3 Å². The maximum atomic E-state index is 12.2. The van der Waals surface area contributed by atoms with Crippen molar-refractivity contribution < 1.29 is 4.79 Å². The fourth-order valence-electron chi connectivity index (χ4n) is 3.04. The number of rotatable bonds is 5. The predicted octanol–water partition coefficient (Wildman–Crippen LogP) is 2.41. The normalized spacial score (nSPS) is 10.7.